The third kappa shape index (κ3) is 3.37. The smallest absolute Gasteiger partial charge is 0.243 e. The molecule has 2 unspecified atom stereocenters. The fraction of sp³-hybridized carbons (Fsp3) is 0.429. The molecule has 0 spiro atoms. The van der Waals surface area contributed by atoms with Crippen molar-refractivity contribution in [3.05, 3.63) is 48.5 Å². The largest absolute Gasteiger partial charge is 0.497 e. The molecule has 5 nitrogen and oxygen atoms in total. The van der Waals surface area contributed by atoms with Crippen LogP contribution in [0.5, 0.6) is 5.75 Å². The molecule has 2 aromatic carbocycles. The number of nitrogens with zero attached hydrogens (tertiary/aromatic N) is 1. The van der Waals surface area contributed by atoms with Gasteiger partial charge in [0.1, 0.15) is 5.75 Å². The minimum Gasteiger partial charge on any atom is -0.497 e. The standard InChI is InChI=1S/C21H25NO4S/c1-25-19-9-3-15(4-10-19)16-5-11-21(12-6-16)27(23,24)22-17-7-8-18(22)14-20(13-17)26-2/h3-6,9-12,17-18,20H,7-8,13-14H2,1-2H3. The summed E-state index contributed by atoms with van der Waals surface area (Å²) in [5.41, 5.74) is 2.01. The van der Waals surface area contributed by atoms with Gasteiger partial charge in [-0.2, -0.15) is 4.31 Å². The first kappa shape index (κ1) is 18.5. The Kier molecular flexibility index (Phi) is 4.97. The molecule has 2 aromatic rings. The Morgan fingerprint density at radius 2 is 1.37 bits per heavy atom. The van der Waals surface area contributed by atoms with Crippen molar-refractivity contribution in [3.63, 3.8) is 0 Å². The minimum atomic E-state index is -3.48. The van der Waals surface area contributed by atoms with Crippen molar-refractivity contribution in [2.75, 3.05) is 14.2 Å². The molecule has 4 rings (SSSR count). The maximum atomic E-state index is 13.2. The fourth-order valence-electron chi connectivity index (χ4n) is 4.39. The molecule has 2 aliphatic heterocycles. The molecule has 0 radical (unpaired) electrons. The van der Waals surface area contributed by atoms with Crippen LogP contribution < -0.4 is 4.74 Å². The van der Waals surface area contributed by atoms with Crippen LogP contribution in [0.15, 0.2) is 53.4 Å². The molecule has 2 aliphatic rings. The Morgan fingerprint density at radius 3 is 1.85 bits per heavy atom. The summed E-state index contributed by atoms with van der Waals surface area (Å²) in [6.45, 7) is 0. The summed E-state index contributed by atoms with van der Waals surface area (Å²) in [4.78, 5) is 0.368. The lowest BCUT2D eigenvalue weighted by atomic mass is 10.0. The quantitative estimate of drug-likeness (QED) is 0.785. The van der Waals surface area contributed by atoms with Crippen molar-refractivity contribution >= 4 is 10.0 Å². The number of hydrogen-bond donors (Lipinski definition) is 0. The monoisotopic (exact) mass is 387 g/mol. The van der Waals surface area contributed by atoms with Crippen LogP contribution in [0, 0.1) is 0 Å². The average Bonchev–Trinajstić information content (AvgIpc) is 2.99. The predicted molar refractivity (Wildman–Crippen MR) is 104 cm³/mol. The van der Waals surface area contributed by atoms with Crippen LogP contribution in [0.25, 0.3) is 11.1 Å². The van der Waals surface area contributed by atoms with Crippen LogP contribution in [0.1, 0.15) is 25.7 Å². The van der Waals surface area contributed by atoms with Crippen LogP contribution in [0.3, 0.4) is 0 Å². The minimum absolute atomic E-state index is 0.0555. The van der Waals surface area contributed by atoms with Crippen LogP contribution in [0.4, 0.5) is 0 Å². The molecule has 0 amide bonds. The van der Waals surface area contributed by atoms with Gasteiger partial charge in [-0.05, 0) is 61.1 Å². The maximum absolute atomic E-state index is 13.2. The molecule has 27 heavy (non-hydrogen) atoms. The van der Waals surface area contributed by atoms with Gasteiger partial charge in [-0.15, -0.1) is 0 Å². The van der Waals surface area contributed by atoms with E-state index in [1.165, 1.54) is 0 Å². The van der Waals surface area contributed by atoms with Crippen molar-refractivity contribution in [1.29, 1.82) is 0 Å². The lowest BCUT2D eigenvalue weighted by Gasteiger charge is -2.37. The first-order valence-corrected chi connectivity index (χ1v) is 10.8. The van der Waals surface area contributed by atoms with E-state index in [2.05, 4.69) is 0 Å². The average molecular weight is 388 g/mol. The molecule has 2 fully saturated rings. The molecular weight excluding hydrogens is 362 g/mol. The van der Waals surface area contributed by atoms with E-state index < -0.39 is 10.0 Å². The second kappa shape index (κ2) is 7.26. The highest BCUT2D eigenvalue weighted by Crippen LogP contribution is 2.40. The van der Waals surface area contributed by atoms with E-state index in [1.54, 1.807) is 30.7 Å². The lowest BCUT2D eigenvalue weighted by molar-refractivity contribution is 0.0349. The summed E-state index contributed by atoms with van der Waals surface area (Å²) in [7, 11) is -0.131. The van der Waals surface area contributed by atoms with Gasteiger partial charge >= 0.3 is 0 Å². The molecule has 144 valence electrons. The Balaban J connectivity index is 1.58. The van der Waals surface area contributed by atoms with Gasteiger partial charge in [0.15, 0.2) is 0 Å². The normalized spacial score (nSPS) is 25.5. The molecule has 2 heterocycles. The summed E-state index contributed by atoms with van der Waals surface area (Å²) in [5.74, 6) is 0.799. The highest BCUT2D eigenvalue weighted by Gasteiger charge is 2.47. The van der Waals surface area contributed by atoms with Crippen molar-refractivity contribution in [3.8, 4) is 16.9 Å². The summed E-state index contributed by atoms with van der Waals surface area (Å²) in [6.07, 6.45) is 3.60. The van der Waals surface area contributed by atoms with Crippen molar-refractivity contribution < 1.29 is 17.9 Å². The highest BCUT2D eigenvalue weighted by atomic mass is 32.2. The maximum Gasteiger partial charge on any atom is 0.243 e. The Hall–Kier alpha value is -1.89. The van der Waals surface area contributed by atoms with E-state index in [0.29, 0.717) is 4.90 Å². The molecule has 2 saturated heterocycles. The zero-order valence-electron chi connectivity index (χ0n) is 15.7. The number of piperidine rings is 1. The van der Waals surface area contributed by atoms with Gasteiger partial charge in [-0.3, -0.25) is 0 Å². The molecule has 0 aromatic heterocycles. The van der Waals surface area contributed by atoms with E-state index in [0.717, 1.165) is 42.6 Å². The first-order valence-electron chi connectivity index (χ1n) is 9.33. The summed E-state index contributed by atoms with van der Waals surface area (Å²) < 4.78 is 38.9. The van der Waals surface area contributed by atoms with Gasteiger partial charge in [0, 0.05) is 19.2 Å². The highest BCUT2D eigenvalue weighted by molar-refractivity contribution is 7.89. The topological polar surface area (TPSA) is 55.8 Å². The zero-order valence-corrected chi connectivity index (χ0v) is 16.5. The lowest BCUT2D eigenvalue weighted by Crippen LogP contribution is -2.48. The Labute approximate surface area is 161 Å². The third-order valence-electron chi connectivity index (χ3n) is 5.81. The number of rotatable bonds is 5. The van der Waals surface area contributed by atoms with Gasteiger partial charge in [0.25, 0.3) is 0 Å². The second-order valence-corrected chi connectivity index (χ2v) is 9.15. The zero-order chi connectivity index (χ0) is 19.0. The van der Waals surface area contributed by atoms with Crippen molar-refractivity contribution in [1.82, 2.24) is 4.31 Å². The van der Waals surface area contributed by atoms with Crippen molar-refractivity contribution in [2.24, 2.45) is 0 Å². The van der Waals surface area contributed by atoms with Gasteiger partial charge in [-0.25, -0.2) is 8.42 Å². The number of hydrogen-bond acceptors (Lipinski definition) is 4. The molecule has 0 N–H and O–H groups in total. The third-order valence-corrected chi connectivity index (χ3v) is 7.83. The number of sulfonamides is 1. The Morgan fingerprint density at radius 1 is 0.852 bits per heavy atom. The number of benzene rings is 2. The van der Waals surface area contributed by atoms with Gasteiger partial charge in [0.05, 0.1) is 18.1 Å². The van der Waals surface area contributed by atoms with Gasteiger partial charge < -0.3 is 9.47 Å². The summed E-state index contributed by atoms with van der Waals surface area (Å²) in [6, 6.07) is 15.0. The van der Waals surface area contributed by atoms with E-state index in [4.69, 9.17) is 9.47 Å². The molecular formula is C21H25NO4S. The molecule has 0 aliphatic carbocycles. The Bertz CT molecular complexity index is 879. The van der Waals surface area contributed by atoms with E-state index in [1.807, 2.05) is 36.4 Å². The molecule has 6 heteroatoms. The number of ether oxygens (including phenoxy) is 2. The fourth-order valence-corrected chi connectivity index (χ4v) is 6.28. The molecule has 0 saturated carbocycles. The molecule has 2 bridgehead atoms. The van der Waals surface area contributed by atoms with Crippen LogP contribution in [-0.2, 0) is 14.8 Å². The van der Waals surface area contributed by atoms with Crippen LogP contribution in [0.2, 0.25) is 0 Å². The summed E-state index contributed by atoms with van der Waals surface area (Å²) in [5, 5.41) is 0. The van der Waals surface area contributed by atoms with E-state index in [9.17, 15) is 8.42 Å². The van der Waals surface area contributed by atoms with Crippen LogP contribution in [-0.4, -0.2) is 45.1 Å². The van der Waals surface area contributed by atoms with E-state index >= 15 is 0 Å². The second-order valence-electron chi connectivity index (χ2n) is 7.30. The van der Waals surface area contributed by atoms with Gasteiger partial charge in [0.2, 0.25) is 10.0 Å². The predicted octanol–water partition coefficient (Wildman–Crippen LogP) is 3.69. The first-order chi connectivity index (χ1) is 13.0. The van der Waals surface area contributed by atoms with E-state index in [-0.39, 0.29) is 18.2 Å². The van der Waals surface area contributed by atoms with Crippen LogP contribution >= 0.6 is 0 Å². The summed E-state index contributed by atoms with van der Waals surface area (Å²) >= 11 is 0. The SMILES string of the molecule is COc1ccc(-c2ccc(S(=O)(=O)N3C4CCC3CC(OC)C4)cc2)cc1. The van der Waals surface area contributed by atoms with Gasteiger partial charge in [-0.1, -0.05) is 24.3 Å². The number of fused-ring (bicyclic) bond motifs is 2. The number of methoxy groups -OCH3 is 2. The molecule has 2 atom stereocenters. The van der Waals surface area contributed by atoms with Crippen molar-refractivity contribution in [2.45, 2.75) is 48.8 Å².